The number of hydrogen-bond donors (Lipinski definition) is 1. The zero-order valence-electron chi connectivity index (χ0n) is 14.5. The molecule has 2 amide bonds. The molecule has 0 spiro atoms. The first kappa shape index (κ1) is 17.5. The fourth-order valence-corrected chi connectivity index (χ4v) is 2.82. The maximum Gasteiger partial charge on any atom is 0.227 e. The number of hydrogen-bond acceptors (Lipinski definition) is 2. The van der Waals surface area contributed by atoms with Gasteiger partial charge in [0.25, 0.3) is 0 Å². The lowest BCUT2D eigenvalue weighted by Crippen LogP contribution is -2.50. The fourth-order valence-electron chi connectivity index (χ4n) is 2.82. The first-order chi connectivity index (χ1) is 10.9. The molecule has 23 heavy (non-hydrogen) atoms. The van der Waals surface area contributed by atoms with Gasteiger partial charge in [0, 0.05) is 18.6 Å². The zero-order valence-corrected chi connectivity index (χ0v) is 14.5. The Kier molecular flexibility index (Phi) is 5.80. The number of nitrogens with zero attached hydrogens (tertiary/aromatic N) is 1. The van der Waals surface area contributed by atoms with Gasteiger partial charge in [-0.15, -0.1) is 0 Å². The molecule has 1 atom stereocenters. The third-order valence-electron chi connectivity index (χ3n) is 4.69. The molecular weight excluding hydrogens is 288 g/mol. The van der Waals surface area contributed by atoms with E-state index in [1.165, 1.54) is 0 Å². The second kappa shape index (κ2) is 7.62. The van der Waals surface area contributed by atoms with Gasteiger partial charge in [0.2, 0.25) is 11.8 Å². The summed E-state index contributed by atoms with van der Waals surface area (Å²) in [6.45, 7) is 7.43. The Hall–Kier alpha value is -1.84. The molecule has 1 N–H and O–H groups in total. The Morgan fingerprint density at radius 2 is 1.96 bits per heavy atom. The highest BCUT2D eigenvalue weighted by Crippen LogP contribution is 2.19. The third kappa shape index (κ3) is 5.08. The Bertz CT molecular complexity index is 540. The number of amides is 2. The topological polar surface area (TPSA) is 49.4 Å². The van der Waals surface area contributed by atoms with E-state index in [1.807, 2.05) is 49.1 Å². The average molecular weight is 316 g/mol. The molecule has 1 aromatic carbocycles. The van der Waals surface area contributed by atoms with Crippen LogP contribution < -0.4 is 5.32 Å². The molecule has 0 bridgehead atoms. The summed E-state index contributed by atoms with van der Waals surface area (Å²) in [6, 6.07) is 9.78. The van der Waals surface area contributed by atoms with Crippen LogP contribution in [0, 0.1) is 5.92 Å². The summed E-state index contributed by atoms with van der Waals surface area (Å²) in [5.41, 5.74) is 0.837. The van der Waals surface area contributed by atoms with Gasteiger partial charge in [0.1, 0.15) is 0 Å². The summed E-state index contributed by atoms with van der Waals surface area (Å²) in [6.07, 6.45) is 3.06. The predicted octanol–water partition coefficient (Wildman–Crippen LogP) is 2.77. The zero-order chi connectivity index (χ0) is 16.9. The van der Waals surface area contributed by atoms with Gasteiger partial charge in [0.05, 0.1) is 12.3 Å². The van der Waals surface area contributed by atoms with Gasteiger partial charge < -0.3 is 10.2 Å². The minimum absolute atomic E-state index is 0.0778. The van der Waals surface area contributed by atoms with E-state index in [0.29, 0.717) is 13.0 Å². The predicted molar refractivity (Wildman–Crippen MR) is 92.0 cm³/mol. The SMILES string of the molecule is CCC(C)(C)NC(=O)[C@@H]1CCCN(C(=O)Cc2ccccc2)C1. The fraction of sp³-hybridized carbons (Fsp3) is 0.579. The maximum absolute atomic E-state index is 12.5. The van der Waals surface area contributed by atoms with E-state index in [-0.39, 0.29) is 23.3 Å². The number of nitrogens with one attached hydrogen (secondary N) is 1. The third-order valence-corrected chi connectivity index (χ3v) is 4.69. The van der Waals surface area contributed by atoms with Crippen molar-refractivity contribution in [3.8, 4) is 0 Å². The number of benzene rings is 1. The maximum atomic E-state index is 12.5. The van der Waals surface area contributed by atoms with Crippen molar-refractivity contribution in [3.63, 3.8) is 0 Å². The van der Waals surface area contributed by atoms with Gasteiger partial charge in [-0.25, -0.2) is 0 Å². The van der Waals surface area contributed by atoms with E-state index in [2.05, 4.69) is 12.2 Å². The van der Waals surface area contributed by atoms with E-state index >= 15 is 0 Å². The molecule has 1 aliphatic rings. The summed E-state index contributed by atoms with van der Waals surface area (Å²) >= 11 is 0. The van der Waals surface area contributed by atoms with Crippen LogP contribution in [0.25, 0.3) is 0 Å². The van der Waals surface area contributed by atoms with Crippen LogP contribution >= 0.6 is 0 Å². The summed E-state index contributed by atoms with van der Waals surface area (Å²) in [5.74, 6) is 0.104. The van der Waals surface area contributed by atoms with Crippen LogP contribution in [0.1, 0.15) is 45.6 Å². The highest BCUT2D eigenvalue weighted by Gasteiger charge is 2.30. The Labute approximate surface area is 139 Å². The van der Waals surface area contributed by atoms with Crippen LogP contribution in [0.5, 0.6) is 0 Å². The van der Waals surface area contributed by atoms with Crippen molar-refractivity contribution in [3.05, 3.63) is 35.9 Å². The molecule has 0 unspecified atom stereocenters. The van der Waals surface area contributed by atoms with E-state index in [1.54, 1.807) is 0 Å². The van der Waals surface area contributed by atoms with Crippen molar-refractivity contribution >= 4 is 11.8 Å². The van der Waals surface area contributed by atoms with E-state index in [9.17, 15) is 9.59 Å². The van der Waals surface area contributed by atoms with Crippen molar-refractivity contribution in [1.29, 1.82) is 0 Å². The van der Waals surface area contributed by atoms with E-state index in [4.69, 9.17) is 0 Å². The number of likely N-dealkylation sites (tertiary alicyclic amines) is 1. The van der Waals surface area contributed by atoms with Gasteiger partial charge >= 0.3 is 0 Å². The molecule has 0 radical (unpaired) electrons. The summed E-state index contributed by atoms with van der Waals surface area (Å²) in [5, 5.41) is 3.11. The smallest absolute Gasteiger partial charge is 0.227 e. The molecule has 0 aromatic heterocycles. The lowest BCUT2D eigenvalue weighted by Gasteiger charge is -2.34. The monoisotopic (exact) mass is 316 g/mol. The van der Waals surface area contributed by atoms with E-state index in [0.717, 1.165) is 31.4 Å². The highest BCUT2D eigenvalue weighted by atomic mass is 16.2. The lowest BCUT2D eigenvalue weighted by atomic mass is 9.94. The van der Waals surface area contributed by atoms with Crippen LogP contribution in [0.4, 0.5) is 0 Å². The van der Waals surface area contributed by atoms with Gasteiger partial charge in [-0.1, -0.05) is 37.3 Å². The molecule has 0 aliphatic carbocycles. The largest absolute Gasteiger partial charge is 0.351 e. The lowest BCUT2D eigenvalue weighted by molar-refractivity contribution is -0.135. The Morgan fingerprint density at radius 1 is 1.26 bits per heavy atom. The highest BCUT2D eigenvalue weighted by molar-refractivity contribution is 5.82. The summed E-state index contributed by atoms with van der Waals surface area (Å²) < 4.78 is 0. The number of piperidine rings is 1. The molecule has 4 nitrogen and oxygen atoms in total. The molecule has 1 heterocycles. The van der Waals surface area contributed by atoms with Crippen LogP contribution in [-0.2, 0) is 16.0 Å². The Balaban J connectivity index is 1.92. The standard InChI is InChI=1S/C19H28N2O2/c1-4-19(2,3)20-18(23)16-11-8-12-21(14-16)17(22)13-15-9-6-5-7-10-15/h5-7,9-10,16H,4,8,11-14H2,1-3H3,(H,20,23)/t16-/m1/s1. The normalized spacial score (nSPS) is 18.6. The van der Waals surface area contributed by atoms with E-state index < -0.39 is 0 Å². The molecule has 1 saturated heterocycles. The quantitative estimate of drug-likeness (QED) is 0.908. The van der Waals surface area contributed by atoms with Crippen molar-refractivity contribution in [1.82, 2.24) is 10.2 Å². The summed E-state index contributed by atoms with van der Waals surface area (Å²) in [7, 11) is 0. The molecular formula is C19H28N2O2. The average Bonchev–Trinajstić information content (AvgIpc) is 2.55. The molecule has 1 aromatic rings. The van der Waals surface area contributed by atoms with Crippen LogP contribution in [0.3, 0.4) is 0 Å². The second-order valence-corrected chi connectivity index (χ2v) is 7.07. The molecule has 1 aliphatic heterocycles. The van der Waals surface area contributed by atoms with Gasteiger partial charge in [-0.05, 0) is 38.7 Å². The van der Waals surface area contributed by atoms with Gasteiger partial charge in [0.15, 0.2) is 0 Å². The second-order valence-electron chi connectivity index (χ2n) is 7.07. The van der Waals surface area contributed by atoms with Crippen LogP contribution in [-0.4, -0.2) is 35.3 Å². The first-order valence-electron chi connectivity index (χ1n) is 8.55. The van der Waals surface area contributed by atoms with Crippen molar-refractivity contribution in [2.45, 2.75) is 52.0 Å². The Morgan fingerprint density at radius 3 is 2.61 bits per heavy atom. The first-order valence-corrected chi connectivity index (χ1v) is 8.55. The molecule has 2 rings (SSSR count). The van der Waals surface area contributed by atoms with Gasteiger partial charge in [-0.3, -0.25) is 9.59 Å². The van der Waals surface area contributed by atoms with Crippen molar-refractivity contribution < 1.29 is 9.59 Å². The van der Waals surface area contributed by atoms with Crippen LogP contribution in [0.2, 0.25) is 0 Å². The molecule has 4 heteroatoms. The molecule has 1 fully saturated rings. The van der Waals surface area contributed by atoms with Gasteiger partial charge in [-0.2, -0.15) is 0 Å². The minimum Gasteiger partial charge on any atom is -0.351 e. The number of carbonyl (C=O) groups is 2. The molecule has 0 saturated carbocycles. The minimum atomic E-state index is -0.187. The molecule has 126 valence electrons. The summed E-state index contributed by atoms with van der Waals surface area (Å²) in [4.78, 5) is 26.8. The van der Waals surface area contributed by atoms with Crippen molar-refractivity contribution in [2.24, 2.45) is 5.92 Å². The number of carbonyl (C=O) groups excluding carboxylic acids is 2. The van der Waals surface area contributed by atoms with Crippen LogP contribution in [0.15, 0.2) is 30.3 Å². The van der Waals surface area contributed by atoms with Crippen molar-refractivity contribution in [2.75, 3.05) is 13.1 Å². The number of rotatable bonds is 5.